The Bertz CT molecular complexity index is 550. The Morgan fingerprint density at radius 1 is 1.47 bits per heavy atom. The van der Waals surface area contributed by atoms with Crippen molar-refractivity contribution in [2.75, 3.05) is 12.3 Å². The van der Waals surface area contributed by atoms with E-state index in [2.05, 4.69) is 15.6 Å². The van der Waals surface area contributed by atoms with Crippen LogP contribution in [0.1, 0.15) is 22.3 Å². The van der Waals surface area contributed by atoms with Crippen molar-refractivity contribution in [3.8, 4) is 0 Å². The molecule has 0 bridgehead atoms. The highest BCUT2D eigenvalue weighted by Gasteiger charge is 2.08. The zero-order chi connectivity index (χ0) is 13.7. The molecule has 19 heavy (non-hydrogen) atoms. The summed E-state index contributed by atoms with van der Waals surface area (Å²) in [5.41, 5.74) is 7.83. The number of rotatable bonds is 5. The van der Waals surface area contributed by atoms with Gasteiger partial charge in [0.2, 0.25) is 0 Å². The second kappa shape index (κ2) is 5.99. The van der Waals surface area contributed by atoms with Gasteiger partial charge in [0.1, 0.15) is 0 Å². The number of hydrogen-bond acceptors (Lipinski definition) is 4. The van der Waals surface area contributed by atoms with Crippen molar-refractivity contribution in [3.05, 3.63) is 41.7 Å². The monoisotopic (exact) mass is 259 g/mol. The Balaban J connectivity index is 1.82. The highest BCUT2D eigenvalue weighted by molar-refractivity contribution is 5.99. The normalized spacial score (nSPS) is 10.4. The Morgan fingerprint density at radius 2 is 2.32 bits per heavy atom. The van der Waals surface area contributed by atoms with Gasteiger partial charge in [0.05, 0.1) is 11.8 Å². The molecule has 0 aliphatic heterocycles. The van der Waals surface area contributed by atoms with Crippen LogP contribution in [-0.2, 0) is 6.54 Å². The molecule has 2 rings (SSSR count). The highest BCUT2D eigenvalue weighted by Crippen LogP contribution is 2.13. The average Bonchev–Trinajstić information content (AvgIpc) is 2.90. The molecule has 2 aromatic rings. The molecule has 0 saturated carbocycles. The average molecular weight is 259 g/mol. The Kier molecular flexibility index (Phi) is 4.12. The second-order valence-corrected chi connectivity index (χ2v) is 4.37. The Hall–Kier alpha value is -2.37. The lowest BCUT2D eigenvalue weighted by molar-refractivity contribution is 0.0953. The fourth-order valence-corrected chi connectivity index (χ4v) is 1.76. The molecule has 1 amide bonds. The lowest BCUT2D eigenvalue weighted by atomic mass is 10.1. The third-order valence-electron chi connectivity index (χ3n) is 2.77. The smallest absolute Gasteiger partial charge is 0.253 e. The van der Waals surface area contributed by atoms with Crippen LogP contribution in [0, 0.1) is 6.92 Å². The molecule has 0 saturated heterocycles. The third-order valence-corrected chi connectivity index (χ3v) is 2.77. The van der Waals surface area contributed by atoms with Crippen LogP contribution >= 0.6 is 0 Å². The van der Waals surface area contributed by atoms with Crippen molar-refractivity contribution < 1.29 is 4.79 Å². The van der Waals surface area contributed by atoms with E-state index in [0.29, 0.717) is 17.8 Å². The van der Waals surface area contributed by atoms with Crippen LogP contribution in [0.5, 0.6) is 0 Å². The van der Waals surface area contributed by atoms with Gasteiger partial charge in [-0.05, 0) is 25.5 Å². The van der Waals surface area contributed by atoms with E-state index in [1.165, 1.54) is 0 Å². The van der Waals surface area contributed by atoms with Crippen LogP contribution in [0.15, 0.2) is 30.6 Å². The number of aromatic nitrogens is 3. The van der Waals surface area contributed by atoms with Crippen molar-refractivity contribution >= 4 is 11.6 Å². The van der Waals surface area contributed by atoms with Gasteiger partial charge >= 0.3 is 0 Å². The number of carbonyl (C=O) groups is 1. The summed E-state index contributed by atoms with van der Waals surface area (Å²) in [6.45, 7) is 3.23. The molecule has 6 heteroatoms. The summed E-state index contributed by atoms with van der Waals surface area (Å²) >= 11 is 0. The molecule has 6 nitrogen and oxygen atoms in total. The van der Waals surface area contributed by atoms with Gasteiger partial charge < -0.3 is 11.1 Å². The molecule has 0 radical (unpaired) electrons. The number of anilines is 1. The van der Waals surface area contributed by atoms with Gasteiger partial charge in [-0.15, -0.1) is 5.10 Å². The summed E-state index contributed by atoms with van der Waals surface area (Å²) in [7, 11) is 0. The summed E-state index contributed by atoms with van der Waals surface area (Å²) in [5.74, 6) is -0.139. The van der Waals surface area contributed by atoms with Gasteiger partial charge in [0, 0.05) is 25.0 Å². The van der Waals surface area contributed by atoms with Crippen LogP contribution < -0.4 is 11.1 Å². The first kappa shape index (κ1) is 13.1. The van der Waals surface area contributed by atoms with E-state index >= 15 is 0 Å². The lowest BCUT2D eigenvalue weighted by Gasteiger charge is -2.08. The molecule has 1 aromatic heterocycles. The minimum atomic E-state index is -0.139. The predicted molar refractivity (Wildman–Crippen MR) is 72.6 cm³/mol. The van der Waals surface area contributed by atoms with Gasteiger partial charge in [-0.3, -0.25) is 9.48 Å². The zero-order valence-corrected chi connectivity index (χ0v) is 10.8. The fourth-order valence-electron chi connectivity index (χ4n) is 1.76. The van der Waals surface area contributed by atoms with Gasteiger partial charge in [-0.1, -0.05) is 16.8 Å². The molecule has 1 heterocycles. The maximum atomic E-state index is 12.0. The molecule has 0 aliphatic carbocycles. The number of nitrogen functional groups attached to an aromatic ring is 1. The molecular weight excluding hydrogens is 242 g/mol. The van der Waals surface area contributed by atoms with Crippen molar-refractivity contribution in [2.24, 2.45) is 0 Å². The van der Waals surface area contributed by atoms with Crippen LogP contribution in [0.2, 0.25) is 0 Å². The minimum Gasteiger partial charge on any atom is -0.398 e. The van der Waals surface area contributed by atoms with E-state index in [-0.39, 0.29) is 5.91 Å². The largest absolute Gasteiger partial charge is 0.398 e. The Labute approximate surface area is 111 Å². The zero-order valence-electron chi connectivity index (χ0n) is 10.8. The van der Waals surface area contributed by atoms with Crippen molar-refractivity contribution in [3.63, 3.8) is 0 Å². The molecule has 0 fully saturated rings. The van der Waals surface area contributed by atoms with E-state index in [1.54, 1.807) is 29.2 Å². The Morgan fingerprint density at radius 3 is 3.05 bits per heavy atom. The first-order valence-electron chi connectivity index (χ1n) is 6.15. The van der Waals surface area contributed by atoms with Gasteiger partial charge in [-0.2, -0.15) is 0 Å². The van der Waals surface area contributed by atoms with Crippen LogP contribution in [-0.4, -0.2) is 27.4 Å². The number of nitrogens with two attached hydrogens (primary N) is 1. The van der Waals surface area contributed by atoms with Gasteiger partial charge in [0.25, 0.3) is 5.91 Å². The summed E-state index contributed by atoms with van der Waals surface area (Å²) in [6.07, 6.45) is 4.22. The van der Waals surface area contributed by atoms with Crippen molar-refractivity contribution in [2.45, 2.75) is 19.9 Å². The molecule has 0 atom stereocenters. The molecule has 0 unspecified atom stereocenters. The summed E-state index contributed by atoms with van der Waals surface area (Å²) in [5, 5.41) is 10.4. The standard InChI is InChI=1S/C13H17N5O/c1-10-3-4-12(14)11(9-10)13(19)15-5-2-7-18-8-6-16-17-18/h3-4,6,8-9H,2,5,7,14H2,1H3,(H,15,19). The molecule has 0 aliphatic rings. The molecule has 0 spiro atoms. The number of carbonyl (C=O) groups excluding carboxylic acids is 1. The number of nitrogens with one attached hydrogen (secondary N) is 1. The van der Waals surface area contributed by atoms with E-state index in [0.717, 1.165) is 18.5 Å². The molecule has 3 N–H and O–H groups in total. The van der Waals surface area contributed by atoms with Crippen LogP contribution in [0.3, 0.4) is 0 Å². The van der Waals surface area contributed by atoms with Crippen molar-refractivity contribution in [1.29, 1.82) is 0 Å². The first-order chi connectivity index (χ1) is 9.16. The van der Waals surface area contributed by atoms with Gasteiger partial charge in [-0.25, -0.2) is 0 Å². The summed E-state index contributed by atoms with van der Waals surface area (Å²) in [6, 6.07) is 5.43. The fraction of sp³-hybridized carbons (Fsp3) is 0.308. The first-order valence-corrected chi connectivity index (χ1v) is 6.15. The van der Waals surface area contributed by atoms with Gasteiger partial charge in [0.15, 0.2) is 0 Å². The maximum absolute atomic E-state index is 12.0. The molecular formula is C13H17N5O. The summed E-state index contributed by atoms with van der Waals surface area (Å²) in [4.78, 5) is 12.0. The number of aryl methyl sites for hydroxylation is 2. The predicted octanol–water partition coefficient (Wildman–Crippen LogP) is 0.989. The molecule has 100 valence electrons. The van der Waals surface area contributed by atoms with E-state index < -0.39 is 0 Å². The van der Waals surface area contributed by atoms with Crippen molar-refractivity contribution in [1.82, 2.24) is 20.3 Å². The number of hydrogen-bond donors (Lipinski definition) is 2. The second-order valence-electron chi connectivity index (χ2n) is 4.37. The van der Waals surface area contributed by atoms with Crippen LogP contribution in [0.4, 0.5) is 5.69 Å². The topological polar surface area (TPSA) is 85.8 Å². The molecule has 1 aromatic carbocycles. The highest BCUT2D eigenvalue weighted by atomic mass is 16.1. The lowest BCUT2D eigenvalue weighted by Crippen LogP contribution is -2.26. The third kappa shape index (κ3) is 3.54. The summed E-state index contributed by atoms with van der Waals surface area (Å²) < 4.78 is 1.73. The number of benzene rings is 1. The quantitative estimate of drug-likeness (QED) is 0.619. The van der Waals surface area contributed by atoms with Crippen LogP contribution in [0.25, 0.3) is 0 Å². The van der Waals surface area contributed by atoms with E-state index in [9.17, 15) is 4.79 Å². The van der Waals surface area contributed by atoms with E-state index in [1.807, 2.05) is 13.0 Å². The minimum absolute atomic E-state index is 0.139. The van der Waals surface area contributed by atoms with E-state index in [4.69, 9.17) is 5.73 Å². The SMILES string of the molecule is Cc1ccc(N)c(C(=O)NCCCn2ccnn2)c1. The number of amides is 1. The maximum Gasteiger partial charge on any atom is 0.253 e. The number of nitrogens with zero attached hydrogens (tertiary/aromatic N) is 3.